The van der Waals surface area contributed by atoms with E-state index < -0.39 is 0 Å². The molecule has 1 fully saturated rings. The first kappa shape index (κ1) is 16.9. The molecule has 24 heavy (non-hydrogen) atoms. The predicted octanol–water partition coefficient (Wildman–Crippen LogP) is 2.73. The van der Waals surface area contributed by atoms with Crippen molar-refractivity contribution in [1.29, 1.82) is 5.26 Å². The quantitative estimate of drug-likeness (QED) is 0.808. The van der Waals surface area contributed by atoms with E-state index in [1.807, 2.05) is 44.6 Å². The number of hydrogen-bond acceptors (Lipinski definition) is 6. The second kappa shape index (κ2) is 7.75. The van der Waals surface area contributed by atoms with Crippen molar-refractivity contribution >= 4 is 11.3 Å². The molecule has 0 bridgehead atoms. The third-order valence-corrected chi connectivity index (χ3v) is 4.92. The molecular weight excluding hydrogens is 320 g/mol. The number of likely N-dealkylation sites (tertiary alicyclic amines) is 1. The molecule has 3 heterocycles. The lowest BCUT2D eigenvalue weighted by molar-refractivity contribution is 0.198. The van der Waals surface area contributed by atoms with Gasteiger partial charge in [0.25, 0.3) is 0 Å². The van der Waals surface area contributed by atoms with Crippen LogP contribution in [0.15, 0.2) is 30.5 Å². The number of thiophene rings is 1. The fraction of sp³-hybridized carbons (Fsp3) is 0.444. The molecule has 5 nitrogen and oxygen atoms in total. The maximum atomic E-state index is 8.91. The van der Waals surface area contributed by atoms with Gasteiger partial charge in [0.1, 0.15) is 22.8 Å². The van der Waals surface area contributed by atoms with Crippen molar-refractivity contribution in [3.63, 3.8) is 0 Å². The second-order valence-corrected chi connectivity index (χ2v) is 7.53. The molecule has 1 aliphatic rings. The van der Waals surface area contributed by atoms with Gasteiger partial charge in [0.05, 0.1) is 5.69 Å². The highest BCUT2D eigenvalue weighted by molar-refractivity contribution is 7.12. The van der Waals surface area contributed by atoms with Crippen LogP contribution in [0, 0.1) is 11.3 Å². The highest BCUT2D eigenvalue weighted by atomic mass is 32.1. The summed E-state index contributed by atoms with van der Waals surface area (Å²) in [4.78, 5) is 10.9. The number of aromatic nitrogens is 1. The van der Waals surface area contributed by atoms with Crippen LogP contribution < -0.4 is 4.74 Å². The molecule has 126 valence electrons. The summed E-state index contributed by atoms with van der Waals surface area (Å²) in [5.41, 5.74) is 1.02. The Morgan fingerprint density at radius 1 is 1.42 bits per heavy atom. The van der Waals surface area contributed by atoms with E-state index >= 15 is 0 Å². The van der Waals surface area contributed by atoms with Crippen molar-refractivity contribution in [3.05, 3.63) is 45.9 Å². The van der Waals surface area contributed by atoms with Crippen LogP contribution in [0.2, 0.25) is 0 Å². The number of nitriles is 1. The smallest absolute Gasteiger partial charge is 0.123 e. The fourth-order valence-electron chi connectivity index (χ4n) is 2.91. The molecule has 1 saturated heterocycles. The monoisotopic (exact) mass is 342 g/mol. The predicted molar refractivity (Wildman–Crippen MR) is 95.0 cm³/mol. The second-order valence-electron chi connectivity index (χ2n) is 6.36. The van der Waals surface area contributed by atoms with Crippen molar-refractivity contribution < 1.29 is 4.74 Å². The summed E-state index contributed by atoms with van der Waals surface area (Å²) in [6.07, 6.45) is 3.06. The Hall–Kier alpha value is -1.94. The maximum Gasteiger partial charge on any atom is 0.123 e. The molecule has 0 amide bonds. The third-order valence-electron chi connectivity index (χ3n) is 3.95. The molecule has 0 saturated carbocycles. The van der Waals surface area contributed by atoms with E-state index in [1.54, 1.807) is 11.3 Å². The Labute approximate surface area is 147 Å². The number of nitrogens with zero attached hydrogens (tertiary/aromatic N) is 4. The molecule has 0 spiro atoms. The number of rotatable bonds is 6. The molecule has 0 aliphatic carbocycles. The Balaban J connectivity index is 1.53. The Kier molecular flexibility index (Phi) is 5.46. The Bertz CT molecular complexity index is 722. The van der Waals surface area contributed by atoms with Gasteiger partial charge in [0.2, 0.25) is 0 Å². The molecule has 0 aromatic carbocycles. The van der Waals surface area contributed by atoms with Crippen LogP contribution in [-0.4, -0.2) is 48.1 Å². The molecule has 1 atom stereocenters. The van der Waals surface area contributed by atoms with Crippen molar-refractivity contribution in [3.8, 4) is 11.8 Å². The van der Waals surface area contributed by atoms with Crippen LogP contribution in [0.4, 0.5) is 0 Å². The van der Waals surface area contributed by atoms with Gasteiger partial charge in [-0.05, 0) is 38.7 Å². The Morgan fingerprint density at radius 3 is 3.04 bits per heavy atom. The number of pyridine rings is 1. The van der Waals surface area contributed by atoms with Gasteiger partial charge in [-0.3, -0.25) is 9.88 Å². The van der Waals surface area contributed by atoms with Crippen LogP contribution >= 0.6 is 11.3 Å². The molecule has 2 aromatic rings. The summed E-state index contributed by atoms with van der Waals surface area (Å²) >= 11 is 1.58. The van der Waals surface area contributed by atoms with Gasteiger partial charge in [0.15, 0.2) is 0 Å². The van der Waals surface area contributed by atoms with E-state index in [0.717, 1.165) is 48.9 Å². The highest BCUT2D eigenvalue weighted by Gasteiger charge is 2.24. The molecule has 0 radical (unpaired) electrons. The van der Waals surface area contributed by atoms with Crippen LogP contribution in [0.25, 0.3) is 0 Å². The van der Waals surface area contributed by atoms with Crippen LogP contribution in [0.5, 0.6) is 5.75 Å². The normalized spacial score (nSPS) is 18.0. The summed E-state index contributed by atoms with van der Waals surface area (Å²) in [7, 11) is 4.07. The van der Waals surface area contributed by atoms with Gasteiger partial charge in [0, 0.05) is 43.3 Å². The molecular formula is C18H22N4OS. The van der Waals surface area contributed by atoms with E-state index in [0.29, 0.717) is 0 Å². The van der Waals surface area contributed by atoms with Crippen LogP contribution in [0.1, 0.15) is 21.9 Å². The van der Waals surface area contributed by atoms with Gasteiger partial charge in [-0.1, -0.05) is 0 Å². The first-order valence-corrected chi connectivity index (χ1v) is 8.91. The lowest BCUT2D eigenvalue weighted by atomic mass is 10.3. The lowest BCUT2D eigenvalue weighted by Crippen LogP contribution is -2.24. The van der Waals surface area contributed by atoms with E-state index in [-0.39, 0.29) is 6.10 Å². The number of hydrogen-bond donors (Lipinski definition) is 0. The summed E-state index contributed by atoms with van der Waals surface area (Å²) in [6, 6.07) is 10.1. The zero-order valence-corrected chi connectivity index (χ0v) is 14.9. The van der Waals surface area contributed by atoms with Gasteiger partial charge in [-0.25, -0.2) is 0 Å². The average Bonchev–Trinajstić information content (AvgIpc) is 3.17. The van der Waals surface area contributed by atoms with Gasteiger partial charge < -0.3 is 9.64 Å². The zero-order chi connectivity index (χ0) is 16.9. The van der Waals surface area contributed by atoms with Gasteiger partial charge >= 0.3 is 0 Å². The minimum atomic E-state index is 0.218. The molecule has 3 rings (SSSR count). The lowest BCUT2D eigenvalue weighted by Gasteiger charge is -2.17. The standard InChI is InChI=1S/C18H22N4OS/c1-21(2)11-14-9-15(5-7-20-14)23-16-6-8-22(12-16)13-18-4-3-17(10-19)24-18/h3-5,7,9,16H,6,8,11-13H2,1-2H3. The van der Waals surface area contributed by atoms with E-state index in [1.165, 1.54) is 4.88 Å². The van der Waals surface area contributed by atoms with Crippen molar-refractivity contribution in [2.24, 2.45) is 0 Å². The van der Waals surface area contributed by atoms with Crippen molar-refractivity contribution in [2.45, 2.75) is 25.6 Å². The van der Waals surface area contributed by atoms with Crippen molar-refractivity contribution in [2.75, 3.05) is 27.2 Å². The van der Waals surface area contributed by atoms with Crippen LogP contribution in [0.3, 0.4) is 0 Å². The van der Waals surface area contributed by atoms with E-state index in [4.69, 9.17) is 10.00 Å². The van der Waals surface area contributed by atoms with E-state index in [9.17, 15) is 0 Å². The first-order valence-electron chi connectivity index (χ1n) is 8.10. The molecule has 1 unspecified atom stereocenters. The molecule has 6 heteroatoms. The summed E-state index contributed by atoms with van der Waals surface area (Å²) in [5.74, 6) is 0.900. The molecule has 1 aliphatic heterocycles. The fourth-order valence-corrected chi connectivity index (χ4v) is 3.76. The molecule has 0 N–H and O–H groups in total. The third kappa shape index (κ3) is 4.54. The van der Waals surface area contributed by atoms with Crippen molar-refractivity contribution in [1.82, 2.24) is 14.8 Å². The van der Waals surface area contributed by atoms with E-state index in [2.05, 4.69) is 20.9 Å². The SMILES string of the molecule is CN(C)Cc1cc(OC2CCN(Cc3ccc(C#N)s3)C2)ccn1. The summed E-state index contributed by atoms with van der Waals surface area (Å²) in [6.45, 7) is 3.66. The first-order chi connectivity index (χ1) is 11.6. The minimum absolute atomic E-state index is 0.218. The Morgan fingerprint density at radius 2 is 2.29 bits per heavy atom. The topological polar surface area (TPSA) is 52.4 Å². The minimum Gasteiger partial charge on any atom is -0.489 e. The van der Waals surface area contributed by atoms with Gasteiger partial charge in [-0.2, -0.15) is 5.26 Å². The highest BCUT2D eigenvalue weighted by Crippen LogP contribution is 2.23. The average molecular weight is 342 g/mol. The maximum absolute atomic E-state index is 8.91. The van der Waals surface area contributed by atoms with Gasteiger partial charge in [-0.15, -0.1) is 11.3 Å². The summed E-state index contributed by atoms with van der Waals surface area (Å²) < 4.78 is 6.14. The largest absolute Gasteiger partial charge is 0.489 e. The zero-order valence-electron chi connectivity index (χ0n) is 14.1. The summed E-state index contributed by atoms with van der Waals surface area (Å²) in [5, 5.41) is 8.91. The number of ether oxygens (including phenoxy) is 1. The van der Waals surface area contributed by atoms with Crippen LogP contribution in [-0.2, 0) is 13.1 Å². The molecule has 2 aromatic heterocycles.